The first kappa shape index (κ1) is 13.1. The number of nitrogens with zero attached hydrogens (tertiary/aromatic N) is 2. The molecule has 1 aliphatic rings. The van der Waals surface area contributed by atoms with Crippen LogP contribution < -0.4 is 10.2 Å². The summed E-state index contributed by atoms with van der Waals surface area (Å²) in [6.45, 7) is 6.13. The van der Waals surface area contributed by atoms with Crippen molar-refractivity contribution >= 4 is 23.3 Å². The summed E-state index contributed by atoms with van der Waals surface area (Å²) in [6, 6.07) is 3.77. The van der Waals surface area contributed by atoms with Gasteiger partial charge < -0.3 is 10.2 Å². The van der Waals surface area contributed by atoms with Gasteiger partial charge in [0.25, 0.3) is 0 Å². The second-order valence-corrected chi connectivity index (χ2v) is 4.97. The van der Waals surface area contributed by atoms with E-state index in [4.69, 9.17) is 11.6 Å². The molecular formula is C13H18ClN3O. The molecule has 1 N–H and O–H groups in total. The van der Waals surface area contributed by atoms with E-state index in [1.807, 2.05) is 26.0 Å². The second-order valence-electron chi connectivity index (χ2n) is 4.56. The van der Waals surface area contributed by atoms with Crippen LogP contribution in [0.4, 0.5) is 5.82 Å². The largest absolute Gasteiger partial charge is 0.356 e. The fraction of sp³-hybridized carbons (Fsp3) is 0.538. The number of hydrogen-bond acceptors (Lipinski definition) is 3. The first-order chi connectivity index (χ1) is 8.61. The fourth-order valence-corrected chi connectivity index (χ4v) is 2.31. The molecule has 1 aliphatic heterocycles. The topological polar surface area (TPSA) is 45.2 Å². The second kappa shape index (κ2) is 5.57. The minimum Gasteiger partial charge on any atom is -0.356 e. The van der Waals surface area contributed by atoms with Crippen molar-refractivity contribution in [3.63, 3.8) is 0 Å². The number of carbonyl (C=O) groups is 1. The van der Waals surface area contributed by atoms with Crippen LogP contribution in [-0.4, -0.2) is 30.5 Å². The van der Waals surface area contributed by atoms with Crippen LogP contribution in [0.1, 0.15) is 19.0 Å². The molecule has 0 aromatic carbocycles. The molecule has 2 rings (SSSR count). The highest BCUT2D eigenvalue weighted by molar-refractivity contribution is 6.31. The maximum Gasteiger partial charge on any atom is 0.224 e. The van der Waals surface area contributed by atoms with E-state index in [0.29, 0.717) is 11.6 Å². The summed E-state index contributed by atoms with van der Waals surface area (Å²) in [5.74, 6) is 1.12. The highest BCUT2D eigenvalue weighted by Crippen LogP contribution is 2.24. The van der Waals surface area contributed by atoms with E-state index in [9.17, 15) is 4.79 Å². The average molecular weight is 268 g/mol. The normalized spacial score (nSPS) is 19.1. The van der Waals surface area contributed by atoms with Gasteiger partial charge in [-0.25, -0.2) is 4.98 Å². The van der Waals surface area contributed by atoms with Gasteiger partial charge in [-0.3, -0.25) is 4.79 Å². The van der Waals surface area contributed by atoms with Crippen molar-refractivity contribution in [3.8, 4) is 0 Å². The molecule has 0 radical (unpaired) electrons. The number of halogens is 1. The quantitative estimate of drug-likeness (QED) is 0.911. The Hall–Kier alpha value is -1.29. The molecule has 1 aromatic heterocycles. The zero-order valence-corrected chi connectivity index (χ0v) is 11.5. The van der Waals surface area contributed by atoms with Crippen LogP contribution in [0.5, 0.6) is 0 Å². The molecule has 2 heterocycles. The number of pyridine rings is 1. The van der Waals surface area contributed by atoms with Gasteiger partial charge in [0.2, 0.25) is 5.91 Å². The lowest BCUT2D eigenvalue weighted by Crippen LogP contribution is -2.32. The monoisotopic (exact) mass is 267 g/mol. The van der Waals surface area contributed by atoms with Gasteiger partial charge >= 0.3 is 0 Å². The number of hydrogen-bond donors (Lipinski definition) is 1. The maximum absolute atomic E-state index is 11.8. The summed E-state index contributed by atoms with van der Waals surface area (Å²) < 4.78 is 0. The highest BCUT2D eigenvalue weighted by atomic mass is 35.5. The number of rotatable bonds is 3. The molecule has 0 bridgehead atoms. The number of aromatic nitrogens is 1. The summed E-state index contributed by atoms with van der Waals surface area (Å²) in [4.78, 5) is 18.4. The molecule has 1 fully saturated rings. The Morgan fingerprint density at radius 2 is 2.39 bits per heavy atom. The Balaban J connectivity index is 2.04. The van der Waals surface area contributed by atoms with Crippen molar-refractivity contribution in [2.75, 3.05) is 24.5 Å². The molecule has 18 heavy (non-hydrogen) atoms. The Morgan fingerprint density at radius 3 is 3.06 bits per heavy atom. The van der Waals surface area contributed by atoms with Crippen LogP contribution in [0.15, 0.2) is 12.1 Å². The van der Waals surface area contributed by atoms with Crippen LogP contribution in [0.25, 0.3) is 0 Å². The number of nitrogens with one attached hydrogen (secondary N) is 1. The smallest absolute Gasteiger partial charge is 0.224 e. The standard InChI is InChI=1S/C13H18ClN3O/c1-3-15-13(18)10-6-7-17(8-10)12-5-4-11(14)9(2)16-12/h4-5,10H,3,6-8H2,1-2H3,(H,15,18). The van der Waals surface area contributed by atoms with Crippen LogP contribution in [0.2, 0.25) is 5.02 Å². The van der Waals surface area contributed by atoms with Gasteiger partial charge in [-0.1, -0.05) is 11.6 Å². The van der Waals surface area contributed by atoms with Gasteiger partial charge in [-0.05, 0) is 32.4 Å². The molecular weight excluding hydrogens is 250 g/mol. The van der Waals surface area contributed by atoms with E-state index in [-0.39, 0.29) is 11.8 Å². The van der Waals surface area contributed by atoms with Crippen molar-refractivity contribution in [1.82, 2.24) is 10.3 Å². The minimum atomic E-state index is 0.0720. The summed E-state index contributed by atoms with van der Waals surface area (Å²) in [5.41, 5.74) is 0.829. The lowest BCUT2D eigenvalue weighted by atomic mass is 10.1. The molecule has 4 nitrogen and oxygen atoms in total. The maximum atomic E-state index is 11.8. The van der Waals surface area contributed by atoms with Crippen molar-refractivity contribution in [3.05, 3.63) is 22.8 Å². The third-order valence-electron chi connectivity index (χ3n) is 3.24. The first-order valence-corrected chi connectivity index (χ1v) is 6.65. The SMILES string of the molecule is CCNC(=O)C1CCN(c2ccc(Cl)c(C)n2)C1. The van der Waals surface area contributed by atoms with Crippen LogP contribution in [0, 0.1) is 12.8 Å². The summed E-state index contributed by atoms with van der Waals surface area (Å²) in [5, 5.41) is 3.55. The van der Waals surface area contributed by atoms with E-state index in [1.54, 1.807) is 0 Å². The van der Waals surface area contributed by atoms with Crippen molar-refractivity contribution in [1.29, 1.82) is 0 Å². The van der Waals surface area contributed by atoms with Gasteiger partial charge in [0.1, 0.15) is 5.82 Å². The molecule has 0 saturated carbocycles. The van der Waals surface area contributed by atoms with Crippen molar-refractivity contribution < 1.29 is 4.79 Å². The molecule has 0 aliphatic carbocycles. The number of aryl methyl sites for hydroxylation is 1. The summed E-state index contributed by atoms with van der Waals surface area (Å²) in [7, 11) is 0. The van der Waals surface area contributed by atoms with Gasteiger partial charge in [-0.15, -0.1) is 0 Å². The van der Waals surface area contributed by atoms with E-state index in [1.165, 1.54) is 0 Å². The Bertz CT molecular complexity index is 450. The molecule has 5 heteroatoms. The Kier molecular flexibility index (Phi) is 4.07. The lowest BCUT2D eigenvalue weighted by Gasteiger charge is -2.18. The van der Waals surface area contributed by atoms with Crippen LogP contribution >= 0.6 is 11.6 Å². The van der Waals surface area contributed by atoms with Crippen molar-refractivity contribution in [2.45, 2.75) is 20.3 Å². The molecule has 1 saturated heterocycles. The Labute approximate surface area is 112 Å². The predicted octanol–water partition coefficient (Wildman–Crippen LogP) is 2.01. The molecule has 1 amide bonds. The minimum absolute atomic E-state index is 0.0720. The van der Waals surface area contributed by atoms with Gasteiger partial charge in [-0.2, -0.15) is 0 Å². The first-order valence-electron chi connectivity index (χ1n) is 6.27. The summed E-state index contributed by atoms with van der Waals surface area (Å²) in [6.07, 6.45) is 0.884. The van der Waals surface area contributed by atoms with Crippen LogP contribution in [-0.2, 0) is 4.79 Å². The third-order valence-corrected chi connectivity index (χ3v) is 3.64. The molecule has 98 valence electrons. The van der Waals surface area contributed by atoms with Gasteiger partial charge in [0, 0.05) is 19.6 Å². The zero-order chi connectivity index (χ0) is 13.1. The zero-order valence-electron chi connectivity index (χ0n) is 10.7. The van der Waals surface area contributed by atoms with Gasteiger partial charge in [0.05, 0.1) is 16.6 Å². The average Bonchev–Trinajstić information content (AvgIpc) is 2.82. The van der Waals surface area contributed by atoms with E-state index < -0.39 is 0 Å². The molecule has 1 atom stereocenters. The molecule has 0 spiro atoms. The fourth-order valence-electron chi connectivity index (χ4n) is 2.21. The number of anilines is 1. The van der Waals surface area contributed by atoms with E-state index in [0.717, 1.165) is 31.0 Å². The van der Waals surface area contributed by atoms with E-state index in [2.05, 4.69) is 15.2 Å². The number of amides is 1. The van der Waals surface area contributed by atoms with Crippen molar-refractivity contribution in [2.24, 2.45) is 5.92 Å². The summed E-state index contributed by atoms with van der Waals surface area (Å²) >= 11 is 5.96. The Morgan fingerprint density at radius 1 is 1.61 bits per heavy atom. The highest BCUT2D eigenvalue weighted by Gasteiger charge is 2.28. The lowest BCUT2D eigenvalue weighted by molar-refractivity contribution is -0.124. The predicted molar refractivity (Wildman–Crippen MR) is 73.0 cm³/mol. The van der Waals surface area contributed by atoms with Gasteiger partial charge in [0.15, 0.2) is 0 Å². The molecule has 1 aromatic rings. The van der Waals surface area contributed by atoms with E-state index >= 15 is 0 Å². The molecule has 1 unspecified atom stereocenters. The number of carbonyl (C=O) groups excluding carboxylic acids is 1. The van der Waals surface area contributed by atoms with Crippen LogP contribution in [0.3, 0.4) is 0 Å². The third kappa shape index (κ3) is 2.75.